The fraction of sp³-hybridized carbons (Fsp3) is 0. The second-order valence-corrected chi connectivity index (χ2v) is 5.27. The zero-order valence-electron chi connectivity index (χ0n) is 12.5. The maximum Gasteiger partial charge on any atom is 0.193 e. The fourth-order valence-electron chi connectivity index (χ4n) is 2.60. The van der Waals surface area contributed by atoms with Crippen LogP contribution < -0.4 is 5.43 Å². The van der Waals surface area contributed by atoms with Crippen molar-refractivity contribution in [3.63, 3.8) is 0 Å². The minimum absolute atomic E-state index is 0.0759. The van der Waals surface area contributed by atoms with Gasteiger partial charge in [-0.3, -0.25) is 14.8 Å². The zero-order chi connectivity index (χ0) is 16.5. The molecule has 4 aromatic rings. The molecule has 0 saturated carbocycles. The molecule has 3 heterocycles. The first-order valence-corrected chi connectivity index (χ1v) is 7.35. The van der Waals surface area contributed by atoms with E-state index in [0.29, 0.717) is 33.6 Å². The third kappa shape index (κ3) is 2.32. The van der Waals surface area contributed by atoms with Crippen LogP contribution in [0.4, 0.5) is 0 Å². The largest absolute Gasteiger partial charge is 0.507 e. The van der Waals surface area contributed by atoms with Gasteiger partial charge in [0.25, 0.3) is 0 Å². The molecule has 3 aromatic heterocycles. The number of pyridine rings is 2. The van der Waals surface area contributed by atoms with E-state index in [1.807, 2.05) is 6.07 Å². The molecule has 1 aromatic carbocycles. The van der Waals surface area contributed by atoms with Crippen molar-refractivity contribution in [2.45, 2.75) is 0 Å². The molecule has 0 aliphatic carbocycles. The lowest BCUT2D eigenvalue weighted by molar-refractivity contribution is 0.477. The summed E-state index contributed by atoms with van der Waals surface area (Å²) in [5.74, 6) is 0.484. The number of hydrogen-bond donors (Lipinski definition) is 1. The first-order valence-electron chi connectivity index (χ1n) is 7.35. The Balaban J connectivity index is 2.05. The molecule has 0 aliphatic heterocycles. The van der Waals surface area contributed by atoms with E-state index in [1.54, 1.807) is 48.8 Å². The van der Waals surface area contributed by atoms with E-state index in [0.717, 1.165) is 0 Å². The summed E-state index contributed by atoms with van der Waals surface area (Å²) in [4.78, 5) is 20.8. The summed E-state index contributed by atoms with van der Waals surface area (Å²) in [5.41, 5.74) is 1.80. The van der Waals surface area contributed by atoms with Crippen molar-refractivity contribution in [2.24, 2.45) is 0 Å². The molecule has 0 radical (unpaired) electrons. The van der Waals surface area contributed by atoms with Crippen LogP contribution in [0.3, 0.4) is 0 Å². The highest BCUT2D eigenvalue weighted by Gasteiger charge is 2.15. The van der Waals surface area contributed by atoms with Gasteiger partial charge in [0, 0.05) is 35.8 Å². The second kappa shape index (κ2) is 5.62. The van der Waals surface area contributed by atoms with Gasteiger partial charge in [-0.05, 0) is 30.3 Å². The van der Waals surface area contributed by atoms with Crippen molar-refractivity contribution in [1.29, 1.82) is 0 Å². The maximum atomic E-state index is 12.5. The number of fused-ring (bicyclic) bond motifs is 1. The number of rotatable bonds is 2. The Bertz CT molecular complexity index is 1090. The quantitative estimate of drug-likeness (QED) is 0.611. The number of aromatic nitrogens is 2. The summed E-state index contributed by atoms with van der Waals surface area (Å²) in [5, 5.41) is 10.5. The van der Waals surface area contributed by atoms with Gasteiger partial charge >= 0.3 is 0 Å². The van der Waals surface area contributed by atoms with Crippen LogP contribution in [0, 0.1) is 0 Å². The molecule has 0 atom stereocenters. The third-order valence-corrected chi connectivity index (χ3v) is 3.75. The smallest absolute Gasteiger partial charge is 0.193 e. The predicted octanol–water partition coefficient (Wildman–Crippen LogP) is 3.62. The lowest BCUT2D eigenvalue weighted by Crippen LogP contribution is -2.02. The van der Waals surface area contributed by atoms with Gasteiger partial charge in [-0.2, -0.15) is 0 Å². The van der Waals surface area contributed by atoms with Crippen LogP contribution in [0.5, 0.6) is 5.75 Å². The molecule has 1 N–H and O–H groups in total. The zero-order valence-corrected chi connectivity index (χ0v) is 12.5. The van der Waals surface area contributed by atoms with Crippen molar-refractivity contribution in [1.82, 2.24) is 9.97 Å². The van der Waals surface area contributed by atoms with Gasteiger partial charge in [-0.25, -0.2) is 0 Å². The van der Waals surface area contributed by atoms with Gasteiger partial charge in [-0.1, -0.05) is 12.1 Å². The van der Waals surface area contributed by atoms with Gasteiger partial charge in [0.2, 0.25) is 0 Å². The molecule has 5 nitrogen and oxygen atoms in total. The highest BCUT2D eigenvalue weighted by molar-refractivity contribution is 5.91. The van der Waals surface area contributed by atoms with Crippen LogP contribution >= 0.6 is 0 Å². The highest BCUT2D eigenvalue weighted by Crippen LogP contribution is 2.33. The third-order valence-electron chi connectivity index (χ3n) is 3.75. The number of nitrogens with zero attached hydrogens (tertiary/aromatic N) is 2. The second-order valence-electron chi connectivity index (χ2n) is 5.27. The first-order chi connectivity index (χ1) is 11.7. The molecule has 0 spiro atoms. The van der Waals surface area contributed by atoms with Crippen LogP contribution in [-0.2, 0) is 0 Å². The van der Waals surface area contributed by atoms with Crippen LogP contribution in [0.2, 0.25) is 0 Å². The molecule has 0 aliphatic rings. The average Bonchev–Trinajstić information content (AvgIpc) is 2.63. The van der Waals surface area contributed by atoms with Crippen molar-refractivity contribution in [3.05, 3.63) is 77.3 Å². The summed E-state index contributed by atoms with van der Waals surface area (Å²) in [6.45, 7) is 0. The summed E-state index contributed by atoms with van der Waals surface area (Å²) in [6.07, 6.45) is 4.81. The van der Waals surface area contributed by atoms with Crippen molar-refractivity contribution < 1.29 is 9.52 Å². The van der Waals surface area contributed by atoms with E-state index >= 15 is 0 Å². The van der Waals surface area contributed by atoms with Gasteiger partial charge < -0.3 is 9.52 Å². The Morgan fingerprint density at radius 2 is 1.88 bits per heavy atom. The Kier molecular flexibility index (Phi) is 3.31. The molecule has 0 amide bonds. The highest BCUT2D eigenvalue weighted by atomic mass is 16.3. The topological polar surface area (TPSA) is 76.2 Å². The molecule has 0 bridgehead atoms. The van der Waals surface area contributed by atoms with Gasteiger partial charge in [0.15, 0.2) is 11.0 Å². The lowest BCUT2D eigenvalue weighted by atomic mass is 10.1. The number of hydrogen-bond acceptors (Lipinski definition) is 5. The van der Waals surface area contributed by atoms with E-state index < -0.39 is 0 Å². The summed E-state index contributed by atoms with van der Waals surface area (Å²) >= 11 is 0. The Morgan fingerprint density at radius 3 is 2.67 bits per heavy atom. The predicted molar refractivity (Wildman–Crippen MR) is 90.6 cm³/mol. The van der Waals surface area contributed by atoms with Crippen LogP contribution in [0.1, 0.15) is 0 Å². The average molecular weight is 316 g/mol. The van der Waals surface area contributed by atoms with Gasteiger partial charge in [0.05, 0.1) is 5.39 Å². The standard InChI is InChI=1S/C19H12N2O3/c22-15-6-2-1-5-13(15)18-19-14(7-9-21-18)16(23)10-17(24-19)12-4-3-8-20-11-12/h1-11,22H. The van der Waals surface area contributed by atoms with E-state index in [-0.39, 0.29) is 11.2 Å². The first kappa shape index (κ1) is 14.1. The molecular weight excluding hydrogens is 304 g/mol. The number of para-hydroxylation sites is 1. The Morgan fingerprint density at radius 1 is 1.00 bits per heavy atom. The van der Waals surface area contributed by atoms with Crippen molar-refractivity contribution in [3.8, 4) is 28.3 Å². The number of phenols is 1. The molecule has 4 rings (SSSR count). The number of phenolic OH excluding ortho intramolecular Hbond substituents is 1. The Hall–Kier alpha value is -3.47. The lowest BCUT2D eigenvalue weighted by Gasteiger charge is -2.08. The Labute approximate surface area is 136 Å². The molecule has 24 heavy (non-hydrogen) atoms. The van der Waals surface area contributed by atoms with E-state index in [9.17, 15) is 9.90 Å². The van der Waals surface area contributed by atoms with Crippen molar-refractivity contribution in [2.75, 3.05) is 0 Å². The molecule has 116 valence electrons. The fourth-order valence-corrected chi connectivity index (χ4v) is 2.60. The minimum atomic E-state index is -0.172. The number of benzene rings is 1. The summed E-state index contributed by atoms with van der Waals surface area (Å²) in [6, 6.07) is 13.4. The van der Waals surface area contributed by atoms with Gasteiger partial charge in [-0.15, -0.1) is 0 Å². The minimum Gasteiger partial charge on any atom is -0.507 e. The van der Waals surface area contributed by atoms with E-state index in [2.05, 4.69) is 9.97 Å². The SMILES string of the molecule is O=c1cc(-c2cccnc2)oc2c(-c3ccccc3O)nccc12. The maximum absolute atomic E-state index is 12.5. The van der Waals surface area contributed by atoms with Crippen LogP contribution in [-0.4, -0.2) is 15.1 Å². The molecule has 0 saturated heterocycles. The molecule has 5 heteroatoms. The van der Waals surface area contributed by atoms with E-state index in [4.69, 9.17) is 4.42 Å². The van der Waals surface area contributed by atoms with E-state index in [1.165, 1.54) is 12.3 Å². The molecule has 0 fully saturated rings. The van der Waals surface area contributed by atoms with Gasteiger partial charge in [0.1, 0.15) is 17.2 Å². The molecule has 0 unspecified atom stereocenters. The normalized spacial score (nSPS) is 10.8. The van der Waals surface area contributed by atoms with Crippen LogP contribution in [0.25, 0.3) is 33.6 Å². The molecular formula is C19H12N2O3. The monoisotopic (exact) mass is 316 g/mol. The number of aromatic hydroxyl groups is 1. The summed E-state index contributed by atoms with van der Waals surface area (Å²) < 4.78 is 5.96. The van der Waals surface area contributed by atoms with Crippen molar-refractivity contribution >= 4 is 11.0 Å². The summed E-state index contributed by atoms with van der Waals surface area (Å²) in [7, 11) is 0. The van der Waals surface area contributed by atoms with Crippen LogP contribution in [0.15, 0.2) is 76.3 Å².